The van der Waals surface area contributed by atoms with Gasteiger partial charge in [-0.15, -0.1) is 12.4 Å². The molecule has 0 saturated carbocycles. The molecule has 0 aliphatic rings. The second-order valence-electron chi connectivity index (χ2n) is 0. The van der Waals surface area contributed by atoms with Crippen LogP contribution in [0.1, 0.15) is 0 Å². The Labute approximate surface area is 99.5 Å². The van der Waals surface area contributed by atoms with E-state index in [4.69, 9.17) is 0 Å². The number of hydrogen-bond donors (Lipinski definition) is 0. The van der Waals surface area contributed by atoms with Crippen molar-refractivity contribution in [3.8, 4) is 0 Å². The van der Waals surface area contributed by atoms with Gasteiger partial charge in [-0.1, -0.05) is 0 Å². The first-order chi connectivity index (χ1) is 0. The van der Waals surface area contributed by atoms with Gasteiger partial charge in [0.25, 0.3) is 0 Å². The molecule has 8 nitrogen and oxygen atoms in total. The van der Waals surface area contributed by atoms with Crippen molar-refractivity contribution in [1.29, 1.82) is 0 Å². The minimum Gasteiger partial charge on any atom is -0.412 e. The molecule has 82 valence electrons. The molecule has 0 fully saturated rings. The molecule has 0 bridgehead atoms. The van der Waals surface area contributed by atoms with Crippen LogP contribution in [0.3, 0.4) is 0 Å². The number of rotatable bonds is 0. The molecule has 0 rings (SSSR count). The number of hydrogen-bond acceptors (Lipinski definition) is 0. The molecular weight excluding hydrogens is 282 g/mol. The van der Waals surface area contributed by atoms with Crippen molar-refractivity contribution in [2.45, 2.75) is 0 Å². The minimum absolute atomic E-state index is 0. The Morgan fingerprint density at radius 2 is 0.364 bits per heavy atom. The van der Waals surface area contributed by atoms with Crippen LogP contribution in [0.25, 0.3) is 0 Å². The number of halogens is 1. The smallest absolute Gasteiger partial charge is 0.187 e. The van der Waals surface area contributed by atoms with Gasteiger partial charge in [-0.3, -0.25) is 0 Å². The van der Waals surface area contributed by atoms with Crippen LogP contribution in [0.2, 0.25) is 0 Å². The van der Waals surface area contributed by atoms with Gasteiger partial charge in [0.15, 0.2) is 17.4 Å². The zero-order chi connectivity index (χ0) is 0. The van der Waals surface area contributed by atoms with Crippen molar-refractivity contribution >= 4 is 29.8 Å². The van der Waals surface area contributed by atoms with Gasteiger partial charge in [-0.2, -0.15) is 0 Å². The van der Waals surface area contributed by atoms with E-state index in [2.05, 4.69) is 0 Å². The maximum Gasteiger partial charge on any atom is 0.187 e. The molecule has 11 heavy (non-hydrogen) atoms. The van der Waals surface area contributed by atoms with Crippen molar-refractivity contribution in [2.75, 3.05) is 0 Å². The van der Waals surface area contributed by atoms with Gasteiger partial charge in [0.1, 0.15) is 0 Å². The molecule has 0 aromatic carbocycles. The monoisotopic (exact) mass is 300 g/mol. The van der Waals surface area contributed by atoms with Gasteiger partial charge in [0.05, 0.1) is 0 Å². The van der Waals surface area contributed by atoms with Crippen LogP contribution in [-0.4, -0.2) is 61.2 Å². The van der Waals surface area contributed by atoms with Crippen LogP contribution in [0.5, 0.6) is 0 Å². The van der Waals surface area contributed by atoms with E-state index in [-0.39, 0.29) is 99.8 Å². The average molecular weight is 302 g/mol. The largest absolute Gasteiger partial charge is 0.412 e. The van der Waals surface area contributed by atoms with Crippen molar-refractivity contribution in [3.05, 3.63) is 0 Å². The predicted octanol–water partition coefficient (Wildman–Crippen LogP) is -7.36. The molecule has 0 unspecified atom stereocenters. The zero-order valence-corrected chi connectivity index (χ0v) is 8.18. The molecule has 0 aromatic heterocycles. The van der Waals surface area contributed by atoms with E-state index < -0.39 is 0 Å². The fraction of sp³-hybridized carbons (Fsp3) is 0. The Bertz CT molecular complexity index is 14.1. The summed E-state index contributed by atoms with van der Waals surface area (Å²) in [6.45, 7) is 0. The molecular formula is H20AlClO8Zr. The van der Waals surface area contributed by atoms with Crippen LogP contribution in [0.4, 0.5) is 0 Å². The van der Waals surface area contributed by atoms with Gasteiger partial charge in [0.2, 0.25) is 0 Å². The van der Waals surface area contributed by atoms with Gasteiger partial charge in [0, 0.05) is 26.2 Å². The summed E-state index contributed by atoms with van der Waals surface area (Å²) in [4.78, 5) is 0. The summed E-state index contributed by atoms with van der Waals surface area (Å²) >= 11 is 0. The summed E-state index contributed by atoms with van der Waals surface area (Å²) in [6.07, 6.45) is 0. The summed E-state index contributed by atoms with van der Waals surface area (Å²) in [7, 11) is 0. The third-order valence-electron chi connectivity index (χ3n) is 0. The SMILES string of the molecule is Cl.O.O.O.O.O.O.O.O.[AlH3].[Zr]. The van der Waals surface area contributed by atoms with E-state index in [0.717, 1.165) is 0 Å². The molecule has 0 aromatic rings. The molecule has 16 N–H and O–H groups in total. The second kappa shape index (κ2) is 640. The fourth-order valence-electron chi connectivity index (χ4n) is 0. The fourth-order valence-corrected chi connectivity index (χ4v) is 0. The topological polar surface area (TPSA) is 252 Å². The molecule has 0 aliphatic heterocycles. The summed E-state index contributed by atoms with van der Waals surface area (Å²) in [5.74, 6) is 0. The molecule has 0 spiro atoms. The summed E-state index contributed by atoms with van der Waals surface area (Å²) in [5, 5.41) is 0. The molecule has 0 atom stereocenters. The molecule has 0 radical (unpaired) electrons. The first-order valence-electron chi connectivity index (χ1n) is 0. The first-order valence-corrected chi connectivity index (χ1v) is 0. The Morgan fingerprint density at radius 3 is 0.364 bits per heavy atom. The van der Waals surface area contributed by atoms with Gasteiger partial charge in [-0.25, -0.2) is 0 Å². The molecule has 0 amide bonds. The second-order valence-corrected chi connectivity index (χ2v) is 0. The maximum atomic E-state index is 0. The Balaban J connectivity index is 0. The summed E-state index contributed by atoms with van der Waals surface area (Å²) in [5.41, 5.74) is 0. The molecule has 0 heterocycles. The third-order valence-corrected chi connectivity index (χ3v) is 0. The molecule has 11 heteroatoms. The van der Waals surface area contributed by atoms with Crippen molar-refractivity contribution in [3.63, 3.8) is 0 Å². The van der Waals surface area contributed by atoms with Gasteiger partial charge in [-0.05, 0) is 0 Å². The first kappa shape index (κ1) is 836. The predicted molar refractivity (Wildman–Crippen MR) is 46.1 cm³/mol. The summed E-state index contributed by atoms with van der Waals surface area (Å²) < 4.78 is 0. The van der Waals surface area contributed by atoms with Gasteiger partial charge >= 0.3 is 0 Å². The summed E-state index contributed by atoms with van der Waals surface area (Å²) in [6, 6.07) is 0. The Hall–Kier alpha value is 1.39. The maximum absolute atomic E-state index is 0. The third kappa shape index (κ3) is 522. The van der Waals surface area contributed by atoms with Crippen LogP contribution >= 0.6 is 12.4 Å². The van der Waals surface area contributed by atoms with E-state index in [1.54, 1.807) is 0 Å². The zero-order valence-electron chi connectivity index (χ0n) is 4.91. The Kier molecular flexibility index (Phi) is 48600. The van der Waals surface area contributed by atoms with Crippen LogP contribution in [0.15, 0.2) is 0 Å². The normalized spacial score (nSPS) is 0. The molecule has 0 aliphatic carbocycles. The minimum atomic E-state index is 0. The van der Waals surface area contributed by atoms with E-state index in [1.165, 1.54) is 0 Å². The van der Waals surface area contributed by atoms with Crippen LogP contribution in [-0.2, 0) is 26.2 Å². The van der Waals surface area contributed by atoms with Crippen molar-refractivity contribution in [1.82, 2.24) is 0 Å². The van der Waals surface area contributed by atoms with E-state index in [1.807, 2.05) is 0 Å². The standard InChI is InChI=1S/Al.ClH.8H2O.Zr.3H/h;1H;8*1H2;;;;. The van der Waals surface area contributed by atoms with Crippen LogP contribution in [0, 0.1) is 0 Å². The van der Waals surface area contributed by atoms with Gasteiger partial charge < -0.3 is 43.8 Å². The van der Waals surface area contributed by atoms with E-state index in [0.29, 0.717) is 0 Å². The van der Waals surface area contributed by atoms with Crippen LogP contribution < -0.4 is 0 Å². The van der Waals surface area contributed by atoms with Crippen molar-refractivity contribution < 1.29 is 70.0 Å². The molecule has 0 saturated heterocycles. The van der Waals surface area contributed by atoms with E-state index in [9.17, 15) is 0 Å². The van der Waals surface area contributed by atoms with Crippen molar-refractivity contribution in [2.24, 2.45) is 0 Å². The quantitative estimate of drug-likeness (QED) is 0.378. The van der Waals surface area contributed by atoms with E-state index >= 15 is 0 Å². The Morgan fingerprint density at radius 1 is 0.364 bits per heavy atom. The average Bonchev–Trinajstić information content (AvgIpc) is 0.